The van der Waals surface area contributed by atoms with Crippen LogP contribution in [0.4, 0.5) is 13.2 Å². The molecule has 3 heterocycles. The van der Waals surface area contributed by atoms with Gasteiger partial charge in [0, 0.05) is 39.4 Å². The lowest BCUT2D eigenvalue weighted by Gasteiger charge is -2.33. The van der Waals surface area contributed by atoms with Crippen LogP contribution in [-0.2, 0) is 34.6 Å². The van der Waals surface area contributed by atoms with Crippen LogP contribution in [0.3, 0.4) is 0 Å². The zero-order valence-electron chi connectivity index (χ0n) is 15.5. The fraction of sp³-hybridized carbons (Fsp3) is 0.533. The predicted octanol–water partition coefficient (Wildman–Crippen LogP) is 1.13. The van der Waals surface area contributed by atoms with E-state index in [-0.39, 0.29) is 36.8 Å². The summed E-state index contributed by atoms with van der Waals surface area (Å²) in [6, 6.07) is 0. The highest BCUT2D eigenvalue weighted by Gasteiger charge is 2.38. The Labute approximate surface area is 169 Å². The molecule has 0 N–H and O–H groups in total. The van der Waals surface area contributed by atoms with Crippen LogP contribution >= 0.6 is 11.6 Å². The molecule has 0 unspecified atom stereocenters. The minimum absolute atomic E-state index is 0.0325. The summed E-state index contributed by atoms with van der Waals surface area (Å²) in [5.74, 6) is -0.473. The van der Waals surface area contributed by atoms with E-state index in [0.29, 0.717) is 0 Å². The number of hydrogen-bond acceptors (Lipinski definition) is 5. The standard InChI is InChI=1S/C15H18ClF3N6O3S/c1-10-13(16)14(15(17,18)19)21-25(10)9-12(26)23-3-5-24(6-4-23)29(27,28)11-7-20-22(2)8-11/h7-8H,3-6,9H2,1-2H3. The van der Waals surface area contributed by atoms with E-state index in [1.54, 1.807) is 7.05 Å². The van der Waals surface area contributed by atoms with Gasteiger partial charge in [-0.05, 0) is 6.92 Å². The van der Waals surface area contributed by atoms with E-state index in [4.69, 9.17) is 11.6 Å². The molecule has 0 bridgehead atoms. The van der Waals surface area contributed by atoms with Gasteiger partial charge in [0.15, 0.2) is 5.69 Å². The average Bonchev–Trinajstić information content (AvgIpc) is 3.20. The SMILES string of the molecule is Cc1c(Cl)c(C(F)(F)F)nn1CC(=O)N1CCN(S(=O)(=O)c2cnn(C)c2)CC1. The molecular weight excluding hydrogens is 437 g/mol. The van der Waals surface area contributed by atoms with E-state index < -0.39 is 39.4 Å². The Morgan fingerprint density at radius 1 is 1.24 bits per heavy atom. The monoisotopic (exact) mass is 454 g/mol. The fourth-order valence-corrected chi connectivity index (χ4v) is 4.60. The number of carbonyl (C=O) groups is 1. The van der Waals surface area contributed by atoms with Gasteiger partial charge in [-0.2, -0.15) is 27.7 Å². The van der Waals surface area contributed by atoms with E-state index in [1.807, 2.05) is 0 Å². The number of hydrogen-bond donors (Lipinski definition) is 0. The maximum atomic E-state index is 12.9. The first-order chi connectivity index (χ1) is 13.4. The third kappa shape index (κ3) is 4.26. The van der Waals surface area contributed by atoms with Crippen molar-refractivity contribution in [2.45, 2.75) is 24.5 Å². The summed E-state index contributed by atoms with van der Waals surface area (Å²) in [7, 11) is -2.12. The third-order valence-electron chi connectivity index (χ3n) is 4.60. The van der Waals surface area contributed by atoms with Gasteiger partial charge in [-0.15, -0.1) is 0 Å². The van der Waals surface area contributed by atoms with E-state index in [2.05, 4.69) is 10.2 Å². The van der Waals surface area contributed by atoms with Crippen LogP contribution in [0.25, 0.3) is 0 Å². The lowest BCUT2D eigenvalue weighted by molar-refractivity contribution is -0.142. The third-order valence-corrected chi connectivity index (χ3v) is 6.90. The number of aromatic nitrogens is 4. The van der Waals surface area contributed by atoms with Gasteiger partial charge in [0.1, 0.15) is 11.4 Å². The molecule has 2 aromatic heterocycles. The molecule has 14 heteroatoms. The predicted molar refractivity (Wildman–Crippen MR) is 95.5 cm³/mol. The molecule has 1 saturated heterocycles. The molecular formula is C15H18ClF3N6O3S. The van der Waals surface area contributed by atoms with E-state index >= 15 is 0 Å². The van der Waals surface area contributed by atoms with Crippen molar-refractivity contribution in [2.75, 3.05) is 26.2 Å². The van der Waals surface area contributed by atoms with Crippen LogP contribution in [0, 0.1) is 6.92 Å². The molecule has 160 valence electrons. The summed E-state index contributed by atoms with van der Waals surface area (Å²) >= 11 is 5.69. The Kier molecular flexibility index (Phi) is 5.66. The first-order valence-corrected chi connectivity index (χ1v) is 10.3. The Bertz CT molecular complexity index is 1020. The zero-order chi connectivity index (χ0) is 21.6. The summed E-state index contributed by atoms with van der Waals surface area (Å²) in [4.78, 5) is 13.9. The maximum Gasteiger partial charge on any atom is 0.436 e. The number of carbonyl (C=O) groups excluding carboxylic acids is 1. The smallest absolute Gasteiger partial charge is 0.338 e. The molecule has 1 aliphatic rings. The Hall–Kier alpha value is -2.12. The average molecular weight is 455 g/mol. The fourth-order valence-electron chi connectivity index (χ4n) is 2.95. The summed E-state index contributed by atoms with van der Waals surface area (Å²) in [5, 5.41) is 6.71. The van der Waals surface area contributed by atoms with Crippen molar-refractivity contribution >= 4 is 27.5 Å². The molecule has 0 spiro atoms. The van der Waals surface area contributed by atoms with Gasteiger partial charge in [-0.25, -0.2) is 8.42 Å². The van der Waals surface area contributed by atoms with Gasteiger partial charge in [0.25, 0.3) is 0 Å². The van der Waals surface area contributed by atoms with Crippen molar-refractivity contribution in [3.8, 4) is 0 Å². The molecule has 0 saturated carbocycles. The Morgan fingerprint density at radius 2 is 1.86 bits per heavy atom. The van der Waals surface area contributed by atoms with Crippen molar-refractivity contribution in [1.29, 1.82) is 0 Å². The Balaban J connectivity index is 1.65. The molecule has 9 nitrogen and oxygen atoms in total. The van der Waals surface area contributed by atoms with Crippen molar-refractivity contribution in [1.82, 2.24) is 28.8 Å². The number of amides is 1. The molecule has 0 radical (unpaired) electrons. The number of nitrogens with zero attached hydrogens (tertiary/aromatic N) is 6. The van der Waals surface area contributed by atoms with Gasteiger partial charge in [0.05, 0.1) is 16.9 Å². The molecule has 0 atom stereocenters. The number of sulfonamides is 1. The van der Waals surface area contributed by atoms with Crippen molar-refractivity contribution in [3.63, 3.8) is 0 Å². The molecule has 3 rings (SSSR count). The minimum Gasteiger partial charge on any atom is -0.338 e. The highest BCUT2D eigenvalue weighted by molar-refractivity contribution is 7.89. The Morgan fingerprint density at radius 3 is 2.34 bits per heavy atom. The molecule has 1 fully saturated rings. The van der Waals surface area contributed by atoms with Gasteiger partial charge >= 0.3 is 6.18 Å². The number of halogens is 4. The minimum atomic E-state index is -4.72. The molecule has 1 aliphatic heterocycles. The molecule has 0 aliphatic carbocycles. The first kappa shape index (κ1) is 21.6. The summed E-state index contributed by atoms with van der Waals surface area (Å²) in [5.41, 5.74) is -1.21. The molecule has 1 amide bonds. The maximum absolute atomic E-state index is 12.9. The second-order valence-corrected chi connectivity index (χ2v) is 8.85. The van der Waals surface area contributed by atoms with Crippen LogP contribution in [0.1, 0.15) is 11.4 Å². The summed E-state index contributed by atoms with van der Waals surface area (Å²) in [6.45, 7) is 1.27. The molecule has 2 aromatic rings. The van der Waals surface area contributed by atoms with Gasteiger partial charge < -0.3 is 4.90 Å². The first-order valence-electron chi connectivity index (χ1n) is 8.48. The van der Waals surface area contributed by atoms with Crippen LogP contribution in [-0.4, -0.2) is 69.3 Å². The largest absolute Gasteiger partial charge is 0.436 e. The van der Waals surface area contributed by atoms with Crippen LogP contribution < -0.4 is 0 Å². The second-order valence-electron chi connectivity index (χ2n) is 6.54. The van der Waals surface area contributed by atoms with Gasteiger partial charge in [-0.1, -0.05) is 11.6 Å². The van der Waals surface area contributed by atoms with Crippen molar-refractivity contribution in [3.05, 3.63) is 28.8 Å². The number of aryl methyl sites for hydroxylation is 1. The lowest BCUT2D eigenvalue weighted by Crippen LogP contribution is -2.51. The van der Waals surface area contributed by atoms with E-state index in [9.17, 15) is 26.4 Å². The van der Waals surface area contributed by atoms with Crippen LogP contribution in [0.15, 0.2) is 17.3 Å². The van der Waals surface area contributed by atoms with Crippen LogP contribution in [0.5, 0.6) is 0 Å². The van der Waals surface area contributed by atoms with E-state index in [1.165, 1.54) is 33.2 Å². The summed E-state index contributed by atoms with van der Waals surface area (Å²) in [6.07, 6.45) is -2.09. The quantitative estimate of drug-likeness (QED) is 0.690. The highest BCUT2D eigenvalue weighted by atomic mass is 35.5. The molecule has 0 aromatic carbocycles. The van der Waals surface area contributed by atoms with Gasteiger partial charge in [0.2, 0.25) is 15.9 Å². The highest BCUT2D eigenvalue weighted by Crippen LogP contribution is 2.35. The second kappa shape index (κ2) is 7.61. The summed E-state index contributed by atoms with van der Waals surface area (Å²) < 4.78 is 67.4. The lowest BCUT2D eigenvalue weighted by atomic mass is 10.3. The molecule has 29 heavy (non-hydrogen) atoms. The van der Waals surface area contributed by atoms with Crippen molar-refractivity contribution in [2.24, 2.45) is 7.05 Å². The number of piperazine rings is 1. The zero-order valence-corrected chi connectivity index (χ0v) is 17.1. The topological polar surface area (TPSA) is 93.3 Å². The van der Waals surface area contributed by atoms with E-state index in [0.717, 1.165) is 4.68 Å². The number of rotatable bonds is 4. The number of alkyl halides is 3. The van der Waals surface area contributed by atoms with Crippen molar-refractivity contribution < 1.29 is 26.4 Å². The normalized spacial score (nSPS) is 16.4. The van der Waals surface area contributed by atoms with Gasteiger partial charge in [-0.3, -0.25) is 14.2 Å². The van der Waals surface area contributed by atoms with Crippen LogP contribution in [0.2, 0.25) is 5.02 Å².